The third kappa shape index (κ3) is 3.55. The van der Waals surface area contributed by atoms with Crippen molar-refractivity contribution in [2.24, 2.45) is 5.73 Å². The van der Waals surface area contributed by atoms with Gasteiger partial charge in [0.1, 0.15) is 10.7 Å². The van der Waals surface area contributed by atoms with Gasteiger partial charge in [0, 0.05) is 18.4 Å². The van der Waals surface area contributed by atoms with E-state index in [0.29, 0.717) is 25.2 Å². The van der Waals surface area contributed by atoms with Gasteiger partial charge in [0.15, 0.2) is 0 Å². The highest BCUT2D eigenvalue weighted by atomic mass is 32.2. The zero-order valence-corrected chi connectivity index (χ0v) is 11.5. The topological polar surface area (TPSA) is 90.0 Å². The number of halogens is 1. The molecule has 0 amide bonds. The number of nitrogens with zero attached hydrogens (tertiary/aromatic N) is 2. The summed E-state index contributed by atoms with van der Waals surface area (Å²) in [6.45, 7) is 1.07. The standard InChI is InChI=1S/C12H15FN4O2S/c13-10-2-4-11(5-3-10)16-20(18,19)12-8-15-17(9-12)7-1-6-14/h2-5,8-9,16H,1,6-7,14H2. The fourth-order valence-corrected chi connectivity index (χ4v) is 2.60. The normalized spacial score (nSPS) is 11.5. The first-order valence-electron chi connectivity index (χ1n) is 6.02. The molecule has 0 bridgehead atoms. The number of anilines is 1. The van der Waals surface area contributed by atoms with Gasteiger partial charge in [0.05, 0.1) is 6.20 Å². The maximum atomic E-state index is 12.8. The number of rotatable bonds is 6. The fraction of sp³-hybridized carbons (Fsp3) is 0.250. The van der Waals surface area contributed by atoms with Gasteiger partial charge in [0.25, 0.3) is 10.0 Å². The maximum absolute atomic E-state index is 12.8. The van der Waals surface area contributed by atoms with E-state index in [2.05, 4.69) is 9.82 Å². The van der Waals surface area contributed by atoms with Crippen LogP contribution in [0.5, 0.6) is 0 Å². The lowest BCUT2D eigenvalue weighted by Gasteiger charge is -2.05. The molecular formula is C12H15FN4O2S. The van der Waals surface area contributed by atoms with Crippen LogP contribution in [0.1, 0.15) is 6.42 Å². The van der Waals surface area contributed by atoms with E-state index < -0.39 is 15.8 Å². The van der Waals surface area contributed by atoms with Crippen molar-refractivity contribution in [3.05, 3.63) is 42.5 Å². The van der Waals surface area contributed by atoms with Crippen LogP contribution in [0.3, 0.4) is 0 Å². The van der Waals surface area contributed by atoms with E-state index >= 15 is 0 Å². The Labute approximate surface area is 116 Å². The zero-order valence-electron chi connectivity index (χ0n) is 10.7. The van der Waals surface area contributed by atoms with Crippen molar-refractivity contribution in [2.75, 3.05) is 11.3 Å². The van der Waals surface area contributed by atoms with Crippen LogP contribution in [-0.4, -0.2) is 24.7 Å². The van der Waals surface area contributed by atoms with Crippen LogP contribution in [0, 0.1) is 5.82 Å². The monoisotopic (exact) mass is 298 g/mol. The minimum absolute atomic E-state index is 0.0545. The molecule has 8 heteroatoms. The molecule has 1 aromatic carbocycles. The van der Waals surface area contributed by atoms with Crippen molar-refractivity contribution in [2.45, 2.75) is 17.9 Å². The van der Waals surface area contributed by atoms with Crippen LogP contribution in [0.25, 0.3) is 0 Å². The number of aryl methyl sites for hydroxylation is 1. The SMILES string of the molecule is NCCCn1cc(S(=O)(=O)Nc2ccc(F)cc2)cn1. The molecule has 0 saturated heterocycles. The lowest BCUT2D eigenvalue weighted by atomic mass is 10.3. The number of nitrogens with one attached hydrogen (secondary N) is 1. The predicted molar refractivity (Wildman–Crippen MR) is 73.1 cm³/mol. The molecule has 0 fully saturated rings. The Morgan fingerprint density at radius 1 is 1.30 bits per heavy atom. The molecule has 108 valence electrons. The van der Waals surface area contributed by atoms with E-state index in [1.165, 1.54) is 41.3 Å². The van der Waals surface area contributed by atoms with E-state index in [1.54, 1.807) is 0 Å². The van der Waals surface area contributed by atoms with E-state index in [1.807, 2.05) is 0 Å². The Kier molecular flexibility index (Phi) is 4.35. The van der Waals surface area contributed by atoms with Gasteiger partial charge in [0.2, 0.25) is 0 Å². The third-order valence-corrected chi connectivity index (χ3v) is 3.94. The average molecular weight is 298 g/mol. The van der Waals surface area contributed by atoms with Crippen LogP contribution in [0.4, 0.5) is 10.1 Å². The number of benzene rings is 1. The number of hydrogen-bond donors (Lipinski definition) is 2. The highest BCUT2D eigenvalue weighted by Gasteiger charge is 2.16. The molecule has 0 aliphatic rings. The molecule has 3 N–H and O–H groups in total. The molecule has 20 heavy (non-hydrogen) atoms. The number of nitrogens with two attached hydrogens (primary N) is 1. The quantitative estimate of drug-likeness (QED) is 0.837. The summed E-state index contributed by atoms with van der Waals surface area (Å²) < 4.78 is 40.8. The minimum Gasteiger partial charge on any atom is -0.330 e. The largest absolute Gasteiger partial charge is 0.330 e. The van der Waals surface area contributed by atoms with E-state index in [-0.39, 0.29) is 4.90 Å². The van der Waals surface area contributed by atoms with Crippen LogP contribution in [0.2, 0.25) is 0 Å². The van der Waals surface area contributed by atoms with E-state index in [9.17, 15) is 12.8 Å². The van der Waals surface area contributed by atoms with Gasteiger partial charge in [-0.05, 0) is 37.2 Å². The molecule has 2 rings (SSSR count). The van der Waals surface area contributed by atoms with E-state index in [4.69, 9.17) is 5.73 Å². The Balaban J connectivity index is 2.13. The molecule has 0 radical (unpaired) electrons. The van der Waals surface area contributed by atoms with Crippen molar-refractivity contribution in [1.29, 1.82) is 0 Å². The van der Waals surface area contributed by atoms with Crippen molar-refractivity contribution in [1.82, 2.24) is 9.78 Å². The minimum atomic E-state index is -3.72. The summed E-state index contributed by atoms with van der Waals surface area (Å²) in [5.41, 5.74) is 5.67. The lowest BCUT2D eigenvalue weighted by Crippen LogP contribution is -2.12. The van der Waals surface area contributed by atoms with Gasteiger partial charge < -0.3 is 5.73 Å². The highest BCUT2D eigenvalue weighted by Crippen LogP contribution is 2.15. The Morgan fingerprint density at radius 3 is 2.65 bits per heavy atom. The highest BCUT2D eigenvalue weighted by molar-refractivity contribution is 7.92. The van der Waals surface area contributed by atoms with Crippen molar-refractivity contribution in [3.8, 4) is 0 Å². The van der Waals surface area contributed by atoms with Gasteiger partial charge in [-0.3, -0.25) is 9.40 Å². The summed E-state index contributed by atoms with van der Waals surface area (Å²) in [4.78, 5) is 0.0545. The second kappa shape index (κ2) is 6.02. The summed E-state index contributed by atoms with van der Waals surface area (Å²) >= 11 is 0. The van der Waals surface area contributed by atoms with Crippen molar-refractivity contribution >= 4 is 15.7 Å². The molecule has 6 nitrogen and oxygen atoms in total. The van der Waals surface area contributed by atoms with Gasteiger partial charge in [-0.25, -0.2) is 12.8 Å². The predicted octanol–water partition coefficient (Wildman–Crippen LogP) is 1.17. The molecule has 0 saturated carbocycles. The number of aromatic nitrogens is 2. The zero-order chi connectivity index (χ0) is 14.6. The molecule has 0 unspecified atom stereocenters. The molecule has 0 spiro atoms. The first kappa shape index (κ1) is 14.5. The Bertz CT molecular complexity index is 667. The summed E-state index contributed by atoms with van der Waals surface area (Å²) in [7, 11) is -3.72. The van der Waals surface area contributed by atoms with E-state index in [0.717, 1.165) is 0 Å². The smallest absolute Gasteiger partial charge is 0.265 e. The summed E-state index contributed by atoms with van der Waals surface area (Å²) in [5.74, 6) is -0.428. The second-order valence-electron chi connectivity index (χ2n) is 4.19. The van der Waals surface area contributed by atoms with Crippen molar-refractivity contribution < 1.29 is 12.8 Å². The molecule has 1 aromatic heterocycles. The Morgan fingerprint density at radius 2 is 2.00 bits per heavy atom. The molecule has 0 aliphatic heterocycles. The maximum Gasteiger partial charge on any atom is 0.265 e. The number of sulfonamides is 1. The van der Waals surface area contributed by atoms with Gasteiger partial charge in [-0.1, -0.05) is 0 Å². The van der Waals surface area contributed by atoms with Gasteiger partial charge in [-0.15, -0.1) is 0 Å². The molecule has 2 aromatic rings. The van der Waals surface area contributed by atoms with Crippen LogP contribution in [0.15, 0.2) is 41.6 Å². The summed E-state index contributed by atoms with van der Waals surface area (Å²) in [6.07, 6.45) is 3.41. The second-order valence-corrected chi connectivity index (χ2v) is 5.88. The van der Waals surface area contributed by atoms with Crippen LogP contribution in [-0.2, 0) is 16.6 Å². The van der Waals surface area contributed by atoms with Gasteiger partial charge in [-0.2, -0.15) is 5.10 Å². The molecule has 0 atom stereocenters. The molecular weight excluding hydrogens is 283 g/mol. The Hall–Kier alpha value is -1.93. The summed E-state index contributed by atoms with van der Waals surface area (Å²) in [5, 5.41) is 3.96. The van der Waals surface area contributed by atoms with Crippen molar-refractivity contribution in [3.63, 3.8) is 0 Å². The average Bonchev–Trinajstić information content (AvgIpc) is 2.88. The number of hydrogen-bond acceptors (Lipinski definition) is 4. The fourth-order valence-electron chi connectivity index (χ4n) is 1.59. The molecule has 0 aliphatic carbocycles. The van der Waals surface area contributed by atoms with Crippen LogP contribution >= 0.6 is 0 Å². The lowest BCUT2D eigenvalue weighted by molar-refractivity contribution is 0.582. The van der Waals surface area contributed by atoms with Gasteiger partial charge >= 0.3 is 0 Å². The first-order valence-corrected chi connectivity index (χ1v) is 7.50. The first-order chi connectivity index (χ1) is 9.51. The van der Waals surface area contributed by atoms with Crippen LogP contribution < -0.4 is 10.5 Å². The summed E-state index contributed by atoms with van der Waals surface area (Å²) in [6, 6.07) is 5.07. The third-order valence-electron chi connectivity index (χ3n) is 2.61. The molecule has 1 heterocycles.